The van der Waals surface area contributed by atoms with E-state index >= 15 is 0 Å². The van der Waals surface area contributed by atoms with Crippen molar-refractivity contribution in [1.29, 1.82) is 0 Å². The first-order chi connectivity index (χ1) is 15.1. The van der Waals surface area contributed by atoms with Gasteiger partial charge in [-0.1, -0.05) is 36.4 Å². The van der Waals surface area contributed by atoms with Crippen molar-refractivity contribution in [1.82, 2.24) is 14.9 Å². The van der Waals surface area contributed by atoms with Gasteiger partial charge in [-0.25, -0.2) is 14.2 Å². The zero-order chi connectivity index (χ0) is 21.4. The number of benzene rings is 3. The molecule has 0 atom stereocenters. The summed E-state index contributed by atoms with van der Waals surface area (Å²) in [7, 11) is 0. The lowest BCUT2D eigenvalue weighted by Crippen LogP contribution is -2.24. The van der Waals surface area contributed by atoms with Gasteiger partial charge in [0.2, 0.25) is 0 Å². The average Bonchev–Trinajstić information content (AvgIpc) is 3.14. The van der Waals surface area contributed by atoms with Crippen LogP contribution in [0.25, 0.3) is 16.6 Å². The second kappa shape index (κ2) is 7.68. The van der Waals surface area contributed by atoms with Crippen LogP contribution in [0.1, 0.15) is 22.5 Å². The van der Waals surface area contributed by atoms with Gasteiger partial charge in [-0.3, -0.25) is 9.36 Å². The number of carbonyl (C=O) groups excluding carboxylic acids is 1. The molecule has 0 saturated carbocycles. The molecular formula is C24H18FN3O3. The predicted molar refractivity (Wildman–Crippen MR) is 114 cm³/mol. The van der Waals surface area contributed by atoms with E-state index in [-0.39, 0.29) is 24.5 Å². The van der Waals surface area contributed by atoms with Gasteiger partial charge >= 0.3 is 6.09 Å². The first kappa shape index (κ1) is 19.0. The molecule has 31 heavy (non-hydrogen) atoms. The lowest BCUT2D eigenvalue weighted by Gasteiger charge is -2.09. The van der Waals surface area contributed by atoms with Crippen LogP contribution < -0.4 is 10.9 Å². The fourth-order valence-electron chi connectivity index (χ4n) is 3.79. The number of hydrogen-bond acceptors (Lipinski definition) is 4. The molecule has 0 fully saturated rings. The molecule has 2 heterocycles. The minimum atomic E-state index is -0.538. The molecule has 154 valence electrons. The first-order valence-electron chi connectivity index (χ1n) is 9.86. The fraction of sp³-hybridized carbons (Fsp3) is 0.125. The van der Waals surface area contributed by atoms with E-state index in [0.717, 1.165) is 16.7 Å². The van der Waals surface area contributed by atoms with Crippen molar-refractivity contribution >= 4 is 17.0 Å². The summed E-state index contributed by atoms with van der Waals surface area (Å²) < 4.78 is 20.3. The quantitative estimate of drug-likeness (QED) is 0.484. The van der Waals surface area contributed by atoms with Crippen molar-refractivity contribution in [2.24, 2.45) is 0 Å². The van der Waals surface area contributed by atoms with E-state index in [1.54, 1.807) is 18.2 Å². The zero-order valence-electron chi connectivity index (χ0n) is 16.5. The van der Waals surface area contributed by atoms with E-state index in [2.05, 4.69) is 10.3 Å². The van der Waals surface area contributed by atoms with Crippen molar-refractivity contribution in [3.8, 4) is 5.69 Å². The number of hydrogen-bond donors (Lipinski definition) is 1. The molecule has 0 radical (unpaired) electrons. The van der Waals surface area contributed by atoms with E-state index in [9.17, 15) is 14.0 Å². The number of aromatic nitrogens is 2. The normalized spacial score (nSPS) is 11.8. The topological polar surface area (TPSA) is 73.2 Å². The highest BCUT2D eigenvalue weighted by Gasteiger charge is 2.23. The summed E-state index contributed by atoms with van der Waals surface area (Å²) >= 11 is 0. The number of fused-ring (bicyclic) bond motifs is 4. The van der Waals surface area contributed by atoms with Crippen LogP contribution in [-0.4, -0.2) is 15.6 Å². The van der Waals surface area contributed by atoms with Crippen molar-refractivity contribution in [3.05, 3.63) is 105 Å². The highest BCUT2D eigenvalue weighted by molar-refractivity contribution is 5.79. The first-order valence-corrected chi connectivity index (χ1v) is 9.86. The smallest absolute Gasteiger partial charge is 0.407 e. The molecule has 0 saturated heterocycles. The standard InChI is InChI=1S/C24H18FN3O3/c25-18-7-9-21-17(11-18)12-22-27-20-8-6-16(10-19(20)23(29)28(21)22)13-26-24(30)31-14-15-4-2-1-3-5-15/h1-11H,12-14H2,(H,26,30). The summed E-state index contributed by atoms with van der Waals surface area (Å²) in [6.07, 6.45) is -0.127. The van der Waals surface area contributed by atoms with E-state index in [1.807, 2.05) is 36.4 Å². The van der Waals surface area contributed by atoms with Crippen molar-refractivity contribution < 1.29 is 13.9 Å². The predicted octanol–water partition coefficient (Wildman–Crippen LogP) is 3.86. The maximum absolute atomic E-state index is 13.6. The molecule has 5 rings (SSSR count). The summed E-state index contributed by atoms with van der Waals surface area (Å²) in [5.74, 6) is 0.255. The zero-order valence-corrected chi connectivity index (χ0v) is 16.5. The Labute approximate surface area is 176 Å². The lowest BCUT2D eigenvalue weighted by atomic mass is 10.1. The number of alkyl carbamates (subject to hydrolysis) is 1. The van der Waals surface area contributed by atoms with E-state index < -0.39 is 6.09 Å². The molecule has 1 aliphatic heterocycles. The van der Waals surface area contributed by atoms with Gasteiger partial charge in [0.1, 0.15) is 18.2 Å². The molecule has 1 amide bonds. The third-order valence-corrected chi connectivity index (χ3v) is 5.28. The monoisotopic (exact) mass is 415 g/mol. The van der Waals surface area contributed by atoms with Gasteiger partial charge < -0.3 is 10.1 Å². The van der Waals surface area contributed by atoms with Crippen LogP contribution in [0.2, 0.25) is 0 Å². The van der Waals surface area contributed by atoms with Gasteiger partial charge in [0.15, 0.2) is 0 Å². The molecule has 0 spiro atoms. The van der Waals surface area contributed by atoms with Crippen molar-refractivity contribution in [2.45, 2.75) is 19.6 Å². The molecule has 7 heteroatoms. The molecular weight excluding hydrogens is 397 g/mol. The minimum absolute atomic E-state index is 0.182. The SMILES string of the molecule is O=C(NCc1ccc2nc3n(c(=O)c2c1)-c1ccc(F)cc1C3)OCc1ccccc1. The highest BCUT2D eigenvalue weighted by Crippen LogP contribution is 2.27. The average molecular weight is 415 g/mol. The number of nitrogens with zero attached hydrogens (tertiary/aromatic N) is 2. The van der Waals surface area contributed by atoms with Crippen LogP contribution in [0.5, 0.6) is 0 Å². The van der Waals surface area contributed by atoms with E-state index in [1.165, 1.54) is 16.7 Å². The Kier molecular flexibility index (Phi) is 4.71. The minimum Gasteiger partial charge on any atom is -0.445 e. The highest BCUT2D eigenvalue weighted by atomic mass is 19.1. The lowest BCUT2D eigenvalue weighted by molar-refractivity contribution is 0.139. The molecule has 1 aliphatic rings. The summed E-state index contributed by atoms with van der Waals surface area (Å²) in [6.45, 7) is 0.397. The van der Waals surface area contributed by atoms with E-state index in [0.29, 0.717) is 28.8 Å². The maximum atomic E-state index is 13.6. The second-order valence-electron chi connectivity index (χ2n) is 7.39. The Bertz CT molecular complexity index is 1370. The number of ether oxygens (including phenoxy) is 1. The van der Waals surface area contributed by atoms with Crippen LogP contribution in [-0.2, 0) is 24.3 Å². The van der Waals surface area contributed by atoms with Gasteiger partial charge in [0, 0.05) is 13.0 Å². The number of amides is 1. The van der Waals surface area contributed by atoms with Crippen LogP contribution in [0, 0.1) is 5.82 Å². The molecule has 1 N–H and O–H groups in total. The largest absolute Gasteiger partial charge is 0.445 e. The third-order valence-electron chi connectivity index (χ3n) is 5.28. The van der Waals surface area contributed by atoms with Crippen molar-refractivity contribution in [3.63, 3.8) is 0 Å². The van der Waals surface area contributed by atoms with Gasteiger partial charge in [-0.05, 0) is 47.0 Å². The number of nitrogens with one attached hydrogen (secondary N) is 1. The van der Waals surface area contributed by atoms with Gasteiger partial charge in [-0.15, -0.1) is 0 Å². The number of carbonyl (C=O) groups is 1. The Morgan fingerprint density at radius 1 is 1.06 bits per heavy atom. The Balaban J connectivity index is 1.35. The fourth-order valence-corrected chi connectivity index (χ4v) is 3.79. The molecule has 4 aromatic rings. The summed E-state index contributed by atoms with van der Waals surface area (Å²) in [6, 6.07) is 19.1. The molecule has 0 unspecified atom stereocenters. The van der Waals surface area contributed by atoms with Crippen molar-refractivity contribution in [2.75, 3.05) is 0 Å². The van der Waals surface area contributed by atoms with E-state index in [4.69, 9.17) is 4.74 Å². The summed E-state index contributed by atoms with van der Waals surface area (Å²) in [4.78, 5) is 29.7. The third kappa shape index (κ3) is 3.66. The van der Waals surface area contributed by atoms with Gasteiger partial charge in [0.05, 0.1) is 16.6 Å². The summed E-state index contributed by atoms with van der Waals surface area (Å²) in [5.41, 5.74) is 3.41. The van der Waals surface area contributed by atoms with Gasteiger partial charge in [0.25, 0.3) is 5.56 Å². The second-order valence-corrected chi connectivity index (χ2v) is 7.39. The Hall–Kier alpha value is -4.00. The van der Waals surface area contributed by atoms with Crippen LogP contribution in [0.4, 0.5) is 9.18 Å². The molecule has 1 aromatic heterocycles. The van der Waals surface area contributed by atoms with Crippen LogP contribution >= 0.6 is 0 Å². The molecule has 3 aromatic carbocycles. The number of rotatable bonds is 4. The molecule has 0 aliphatic carbocycles. The van der Waals surface area contributed by atoms with Crippen LogP contribution in [0.3, 0.4) is 0 Å². The Morgan fingerprint density at radius 3 is 2.74 bits per heavy atom. The van der Waals surface area contributed by atoms with Gasteiger partial charge in [-0.2, -0.15) is 0 Å². The molecule has 0 bridgehead atoms. The molecule has 6 nitrogen and oxygen atoms in total. The Morgan fingerprint density at radius 2 is 1.90 bits per heavy atom. The maximum Gasteiger partial charge on any atom is 0.407 e. The van der Waals surface area contributed by atoms with Crippen LogP contribution in [0.15, 0.2) is 71.5 Å². The summed E-state index contributed by atoms with van der Waals surface area (Å²) in [5, 5.41) is 3.14. The number of halogens is 1.